The summed E-state index contributed by atoms with van der Waals surface area (Å²) in [6.07, 6.45) is 3.73. The third-order valence-electron chi connectivity index (χ3n) is 3.75. The van der Waals surface area contributed by atoms with E-state index in [9.17, 15) is 0 Å². The molecule has 1 N–H and O–H groups in total. The Hall–Kier alpha value is -2.55. The van der Waals surface area contributed by atoms with Crippen LogP contribution in [0, 0.1) is 13.8 Å². The summed E-state index contributed by atoms with van der Waals surface area (Å²) in [6, 6.07) is 16.7. The summed E-state index contributed by atoms with van der Waals surface area (Å²) < 4.78 is 1.86. The van der Waals surface area contributed by atoms with E-state index in [4.69, 9.17) is 0 Å². The molecule has 0 spiro atoms. The van der Waals surface area contributed by atoms with Crippen molar-refractivity contribution in [3.63, 3.8) is 0 Å². The molecule has 106 valence electrons. The molecule has 1 heterocycles. The van der Waals surface area contributed by atoms with Crippen LogP contribution in [0.5, 0.6) is 0 Å². The van der Waals surface area contributed by atoms with E-state index in [0.29, 0.717) is 0 Å². The van der Waals surface area contributed by atoms with E-state index < -0.39 is 0 Å². The van der Waals surface area contributed by atoms with Crippen molar-refractivity contribution < 1.29 is 0 Å². The van der Waals surface area contributed by atoms with Crippen molar-refractivity contribution in [3.05, 3.63) is 77.6 Å². The quantitative estimate of drug-likeness (QED) is 0.778. The predicted molar refractivity (Wildman–Crippen MR) is 86.8 cm³/mol. The number of benzene rings is 2. The molecule has 3 nitrogen and oxygen atoms in total. The van der Waals surface area contributed by atoms with Crippen molar-refractivity contribution >= 4 is 5.69 Å². The minimum absolute atomic E-state index is 0.847. The highest BCUT2D eigenvalue weighted by atomic mass is 15.3. The molecule has 0 aliphatic rings. The zero-order valence-corrected chi connectivity index (χ0v) is 12.4. The largest absolute Gasteiger partial charge is 0.381 e. The Morgan fingerprint density at radius 2 is 1.67 bits per heavy atom. The highest BCUT2D eigenvalue weighted by Gasteiger charge is 2.02. The topological polar surface area (TPSA) is 29.9 Å². The van der Waals surface area contributed by atoms with Gasteiger partial charge in [0.2, 0.25) is 0 Å². The summed E-state index contributed by atoms with van der Waals surface area (Å²) in [5.41, 5.74) is 6.21. The Kier molecular flexibility index (Phi) is 3.73. The predicted octanol–water partition coefficient (Wildman–Crippen LogP) is 4.10. The molecule has 0 unspecified atom stereocenters. The van der Waals surface area contributed by atoms with Crippen LogP contribution >= 0.6 is 0 Å². The van der Waals surface area contributed by atoms with Gasteiger partial charge in [0.15, 0.2) is 0 Å². The van der Waals surface area contributed by atoms with Crippen molar-refractivity contribution in [3.8, 4) is 5.69 Å². The Labute approximate surface area is 125 Å². The molecule has 0 amide bonds. The average molecular weight is 277 g/mol. The zero-order chi connectivity index (χ0) is 14.7. The number of aromatic nitrogens is 2. The van der Waals surface area contributed by atoms with E-state index in [2.05, 4.69) is 66.7 Å². The number of hydrogen-bond acceptors (Lipinski definition) is 2. The van der Waals surface area contributed by atoms with Crippen LogP contribution in [0.1, 0.15) is 16.7 Å². The zero-order valence-electron chi connectivity index (χ0n) is 12.4. The third-order valence-corrected chi connectivity index (χ3v) is 3.75. The molecule has 2 aromatic carbocycles. The van der Waals surface area contributed by atoms with Gasteiger partial charge in [-0.15, -0.1) is 0 Å². The lowest BCUT2D eigenvalue weighted by atomic mass is 10.0. The van der Waals surface area contributed by atoms with Crippen molar-refractivity contribution in [2.45, 2.75) is 20.4 Å². The van der Waals surface area contributed by atoms with Crippen LogP contribution in [-0.4, -0.2) is 9.78 Å². The molecule has 0 radical (unpaired) electrons. The van der Waals surface area contributed by atoms with E-state index in [-0.39, 0.29) is 0 Å². The van der Waals surface area contributed by atoms with Crippen molar-refractivity contribution in [2.24, 2.45) is 0 Å². The SMILES string of the molecule is Cc1cccc(C)c1CNc1ccc(-n2cccn2)cc1. The highest BCUT2D eigenvalue weighted by Crippen LogP contribution is 2.17. The maximum Gasteiger partial charge on any atom is 0.0647 e. The first-order chi connectivity index (χ1) is 10.2. The molecule has 3 aromatic rings. The fourth-order valence-electron chi connectivity index (χ4n) is 2.47. The summed E-state index contributed by atoms with van der Waals surface area (Å²) in [7, 11) is 0. The van der Waals surface area contributed by atoms with E-state index in [1.54, 1.807) is 6.20 Å². The maximum atomic E-state index is 4.23. The lowest BCUT2D eigenvalue weighted by molar-refractivity contribution is 0.880. The number of rotatable bonds is 4. The molecular formula is C18H19N3. The molecule has 0 fully saturated rings. The molecule has 0 aliphatic carbocycles. The Morgan fingerprint density at radius 1 is 0.952 bits per heavy atom. The van der Waals surface area contributed by atoms with Crippen LogP contribution in [0.25, 0.3) is 5.69 Å². The Balaban J connectivity index is 1.71. The summed E-state index contributed by atoms with van der Waals surface area (Å²) in [6.45, 7) is 5.16. The second kappa shape index (κ2) is 5.83. The number of nitrogens with one attached hydrogen (secondary N) is 1. The Morgan fingerprint density at radius 3 is 2.29 bits per heavy atom. The number of hydrogen-bond donors (Lipinski definition) is 1. The van der Waals surface area contributed by atoms with Gasteiger partial charge in [-0.05, 0) is 60.9 Å². The molecule has 0 bridgehead atoms. The second-order valence-electron chi connectivity index (χ2n) is 5.22. The summed E-state index contributed by atoms with van der Waals surface area (Å²) in [5, 5.41) is 7.71. The van der Waals surface area contributed by atoms with Crippen LogP contribution in [0.2, 0.25) is 0 Å². The molecule has 21 heavy (non-hydrogen) atoms. The smallest absolute Gasteiger partial charge is 0.0647 e. The first kappa shape index (κ1) is 13.4. The first-order valence-electron chi connectivity index (χ1n) is 7.13. The molecule has 0 saturated heterocycles. The molecular weight excluding hydrogens is 258 g/mol. The number of nitrogens with zero attached hydrogens (tertiary/aromatic N) is 2. The van der Waals surface area contributed by atoms with Crippen LogP contribution in [0.4, 0.5) is 5.69 Å². The number of aryl methyl sites for hydroxylation is 2. The van der Waals surface area contributed by atoms with Gasteiger partial charge in [0.05, 0.1) is 5.69 Å². The summed E-state index contributed by atoms with van der Waals surface area (Å²) >= 11 is 0. The Bertz CT molecular complexity index is 692. The van der Waals surface area contributed by atoms with Gasteiger partial charge in [0.1, 0.15) is 0 Å². The molecule has 3 heteroatoms. The molecule has 0 saturated carbocycles. The fraction of sp³-hybridized carbons (Fsp3) is 0.167. The standard InChI is InChI=1S/C18H19N3/c1-14-5-3-6-15(2)18(14)13-19-16-7-9-17(10-8-16)21-12-4-11-20-21/h3-12,19H,13H2,1-2H3. The first-order valence-corrected chi connectivity index (χ1v) is 7.13. The monoisotopic (exact) mass is 277 g/mol. The van der Waals surface area contributed by atoms with E-state index in [0.717, 1.165) is 17.9 Å². The van der Waals surface area contributed by atoms with Gasteiger partial charge in [0, 0.05) is 24.6 Å². The van der Waals surface area contributed by atoms with E-state index in [1.165, 1.54) is 16.7 Å². The van der Waals surface area contributed by atoms with Crippen molar-refractivity contribution in [1.82, 2.24) is 9.78 Å². The van der Waals surface area contributed by atoms with Gasteiger partial charge in [-0.1, -0.05) is 18.2 Å². The van der Waals surface area contributed by atoms with Gasteiger partial charge in [-0.2, -0.15) is 5.10 Å². The van der Waals surface area contributed by atoms with Gasteiger partial charge in [-0.3, -0.25) is 0 Å². The lowest BCUT2D eigenvalue weighted by Crippen LogP contribution is -2.03. The van der Waals surface area contributed by atoms with E-state index in [1.807, 2.05) is 16.9 Å². The van der Waals surface area contributed by atoms with E-state index >= 15 is 0 Å². The third kappa shape index (κ3) is 2.97. The van der Waals surface area contributed by atoms with Gasteiger partial charge in [-0.25, -0.2) is 4.68 Å². The average Bonchev–Trinajstić information content (AvgIpc) is 3.02. The van der Waals surface area contributed by atoms with Crippen molar-refractivity contribution in [2.75, 3.05) is 5.32 Å². The fourth-order valence-corrected chi connectivity index (χ4v) is 2.47. The lowest BCUT2D eigenvalue weighted by Gasteiger charge is -2.12. The van der Waals surface area contributed by atoms with Gasteiger partial charge >= 0.3 is 0 Å². The number of anilines is 1. The van der Waals surface area contributed by atoms with Crippen LogP contribution in [0.3, 0.4) is 0 Å². The van der Waals surface area contributed by atoms with Crippen LogP contribution < -0.4 is 5.32 Å². The van der Waals surface area contributed by atoms with Gasteiger partial charge < -0.3 is 5.32 Å². The molecule has 1 aromatic heterocycles. The minimum Gasteiger partial charge on any atom is -0.381 e. The molecule has 3 rings (SSSR count). The second-order valence-corrected chi connectivity index (χ2v) is 5.22. The van der Waals surface area contributed by atoms with Crippen LogP contribution in [0.15, 0.2) is 60.9 Å². The highest BCUT2D eigenvalue weighted by molar-refractivity contribution is 5.49. The minimum atomic E-state index is 0.847. The molecule has 0 atom stereocenters. The molecule has 0 aliphatic heterocycles. The normalized spacial score (nSPS) is 10.6. The maximum absolute atomic E-state index is 4.23. The summed E-state index contributed by atoms with van der Waals surface area (Å²) in [5.74, 6) is 0. The summed E-state index contributed by atoms with van der Waals surface area (Å²) in [4.78, 5) is 0. The van der Waals surface area contributed by atoms with Crippen molar-refractivity contribution in [1.29, 1.82) is 0 Å². The van der Waals surface area contributed by atoms with Crippen LogP contribution in [-0.2, 0) is 6.54 Å². The van der Waals surface area contributed by atoms with Gasteiger partial charge in [0.25, 0.3) is 0 Å².